The van der Waals surface area contributed by atoms with E-state index >= 15 is 0 Å². The van der Waals surface area contributed by atoms with E-state index in [2.05, 4.69) is 10.4 Å². The fraction of sp³-hybridized carbons (Fsp3) is 0.407. The maximum atomic E-state index is 13.1. The number of hydrogen-bond acceptors (Lipinski definition) is 4. The Kier molecular flexibility index (Phi) is 7.68. The Morgan fingerprint density at radius 1 is 1.19 bits per heavy atom. The molecule has 0 unspecified atom stereocenters. The molecule has 0 bridgehead atoms. The van der Waals surface area contributed by atoms with Crippen LogP contribution in [0.4, 0.5) is 13.2 Å². The van der Waals surface area contributed by atoms with E-state index in [1.165, 1.54) is 4.68 Å². The van der Waals surface area contributed by atoms with Crippen LogP contribution in [0.3, 0.4) is 0 Å². The molecule has 6 nitrogen and oxygen atoms in total. The molecule has 0 saturated heterocycles. The number of aryl methyl sites for hydroxylation is 1. The van der Waals surface area contributed by atoms with Gasteiger partial charge in [-0.05, 0) is 60.9 Å². The summed E-state index contributed by atoms with van der Waals surface area (Å²) in [7, 11) is 0. The second-order valence-electron chi connectivity index (χ2n) is 9.30. The first-order valence-electron chi connectivity index (χ1n) is 12.0. The first-order chi connectivity index (χ1) is 17.1. The molecular weight excluding hydrogens is 471 g/mol. The lowest BCUT2D eigenvalue weighted by Gasteiger charge is -2.31. The molecule has 1 saturated carbocycles. The van der Waals surface area contributed by atoms with Crippen molar-refractivity contribution in [3.63, 3.8) is 0 Å². The number of hydrogen-bond donors (Lipinski definition) is 2. The maximum Gasteiger partial charge on any atom is 0.419 e. The van der Waals surface area contributed by atoms with E-state index in [0.717, 1.165) is 65.2 Å². The molecule has 36 heavy (non-hydrogen) atoms. The number of alkyl halides is 3. The summed E-state index contributed by atoms with van der Waals surface area (Å²) in [6.07, 6.45) is 0.706. The third-order valence-corrected chi connectivity index (χ3v) is 6.66. The number of rotatable bonds is 10. The van der Waals surface area contributed by atoms with Crippen LogP contribution >= 0.6 is 0 Å². The van der Waals surface area contributed by atoms with E-state index < -0.39 is 17.7 Å². The van der Waals surface area contributed by atoms with Crippen molar-refractivity contribution >= 4 is 5.97 Å². The molecule has 0 spiro atoms. The van der Waals surface area contributed by atoms with Crippen molar-refractivity contribution in [1.82, 2.24) is 15.1 Å². The van der Waals surface area contributed by atoms with Crippen molar-refractivity contribution in [1.29, 1.82) is 0 Å². The molecule has 2 aromatic carbocycles. The third kappa shape index (κ3) is 5.90. The number of halogens is 3. The lowest BCUT2D eigenvalue weighted by atomic mass is 9.77. The van der Waals surface area contributed by atoms with Gasteiger partial charge in [-0.2, -0.15) is 18.3 Å². The molecule has 1 aliphatic carbocycles. The summed E-state index contributed by atoms with van der Waals surface area (Å²) >= 11 is 0. The number of nitrogens with zero attached hydrogens (tertiary/aromatic N) is 2. The summed E-state index contributed by atoms with van der Waals surface area (Å²) < 4.78 is 47.0. The van der Waals surface area contributed by atoms with Crippen LogP contribution in [-0.2, 0) is 24.1 Å². The summed E-state index contributed by atoms with van der Waals surface area (Å²) in [6, 6.07) is 9.83. The van der Waals surface area contributed by atoms with Gasteiger partial charge in [0.05, 0.1) is 23.9 Å². The summed E-state index contributed by atoms with van der Waals surface area (Å²) in [5, 5.41) is 15.8. The minimum Gasteiger partial charge on any atom is -0.489 e. The second-order valence-corrected chi connectivity index (χ2v) is 9.30. The smallest absolute Gasteiger partial charge is 0.419 e. The Morgan fingerprint density at radius 2 is 1.89 bits per heavy atom. The lowest BCUT2D eigenvalue weighted by Crippen LogP contribution is -2.17. The SMILES string of the molecule is Cc1cc(OCc2ccc(CNCCC(=O)O)cc2)c(C2CCC2)c(C)c1-n1cc(C(F)(F)F)cn1. The van der Waals surface area contributed by atoms with Crippen LogP contribution in [0, 0.1) is 13.8 Å². The standard InChI is InChI=1S/C27H30F3N3O3/c1-17-12-23(36-16-20-8-6-19(7-9-20)13-31-11-10-24(34)35)25(21-4-3-5-21)18(2)26(17)33-15-22(14-32-33)27(28,29)30/h6-9,12,14-15,21,31H,3-5,10-11,13,16H2,1-2H3,(H,34,35). The number of aliphatic carboxylic acids is 1. The molecule has 0 radical (unpaired) electrons. The molecule has 3 aromatic rings. The van der Waals surface area contributed by atoms with Crippen LogP contribution in [0.15, 0.2) is 42.7 Å². The van der Waals surface area contributed by atoms with Crippen LogP contribution in [0.2, 0.25) is 0 Å². The van der Waals surface area contributed by atoms with E-state index in [1.54, 1.807) is 0 Å². The molecule has 2 N–H and O–H groups in total. The molecule has 1 aromatic heterocycles. The van der Waals surface area contributed by atoms with Gasteiger partial charge in [-0.15, -0.1) is 0 Å². The fourth-order valence-electron chi connectivity index (χ4n) is 4.56. The highest BCUT2D eigenvalue weighted by Crippen LogP contribution is 2.45. The summed E-state index contributed by atoms with van der Waals surface area (Å²) in [6.45, 7) is 5.16. The maximum absolute atomic E-state index is 13.1. The Labute approximate surface area is 208 Å². The quantitative estimate of drug-likeness (QED) is 0.338. The van der Waals surface area contributed by atoms with Crippen molar-refractivity contribution in [2.75, 3.05) is 6.54 Å². The van der Waals surface area contributed by atoms with E-state index in [9.17, 15) is 18.0 Å². The van der Waals surface area contributed by atoms with Gasteiger partial charge in [0.2, 0.25) is 0 Å². The van der Waals surface area contributed by atoms with Crippen LogP contribution in [0.25, 0.3) is 5.69 Å². The number of carbonyl (C=O) groups is 1. The van der Waals surface area contributed by atoms with Crippen molar-refractivity contribution in [2.24, 2.45) is 0 Å². The van der Waals surface area contributed by atoms with E-state index in [0.29, 0.717) is 31.3 Å². The van der Waals surface area contributed by atoms with Crippen LogP contribution in [0.1, 0.15) is 65.0 Å². The first-order valence-corrected chi connectivity index (χ1v) is 12.0. The zero-order valence-electron chi connectivity index (χ0n) is 20.4. The number of benzene rings is 2. The Morgan fingerprint density at radius 3 is 2.47 bits per heavy atom. The molecule has 0 amide bonds. The highest BCUT2D eigenvalue weighted by Gasteiger charge is 2.33. The van der Waals surface area contributed by atoms with Crippen LogP contribution in [0.5, 0.6) is 5.75 Å². The molecular formula is C27H30F3N3O3. The molecule has 1 aliphatic rings. The minimum atomic E-state index is -4.44. The van der Waals surface area contributed by atoms with Crippen molar-refractivity contribution in [2.45, 2.75) is 64.8 Å². The number of nitrogens with one attached hydrogen (secondary N) is 1. The molecule has 0 atom stereocenters. The lowest BCUT2D eigenvalue weighted by molar-refractivity contribution is -0.138. The van der Waals surface area contributed by atoms with Gasteiger partial charge >= 0.3 is 12.1 Å². The zero-order chi connectivity index (χ0) is 25.9. The third-order valence-electron chi connectivity index (χ3n) is 6.66. The highest BCUT2D eigenvalue weighted by molar-refractivity contribution is 5.66. The topological polar surface area (TPSA) is 76.4 Å². The fourth-order valence-corrected chi connectivity index (χ4v) is 4.56. The van der Waals surface area contributed by atoms with Crippen molar-refractivity contribution < 1.29 is 27.8 Å². The predicted octanol–water partition coefficient (Wildman–Crippen LogP) is 5.92. The number of aromatic nitrogens is 2. The van der Waals surface area contributed by atoms with Gasteiger partial charge in [0, 0.05) is 24.8 Å². The van der Waals surface area contributed by atoms with Gasteiger partial charge in [-0.3, -0.25) is 4.79 Å². The van der Waals surface area contributed by atoms with Crippen LogP contribution < -0.4 is 10.1 Å². The number of carboxylic acids is 1. The van der Waals surface area contributed by atoms with Crippen molar-refractivity contribution in [3.05, 3.63) is 76.1 Å². The first kappa shape index (κ1) is 25.8. The van der Waals surface area contributed by atoms with E-state index in [4.69, 9.17) is 9.84 Å². The average Bonchev–Trinajstić information content (AvgIpc) is 3.27. The van der Waals surface area contributed by atoms with E-state index in [1.807, 2.05) is 44.2 Å². The van der Waals surface area contributed by atoms with Crippen LogP contribution in [-0.4, -0.2) is 27.4 Å². The van der Waals surface area contributed by atoms with Gasteiger partial charge in [0.1, 0.15) is 12.4 Å². The molecule has 192 valence electrons. The predicted molar refractivity (Wildman–Crippen MR) is 129 cm³/mol. The molecule has 1 fully saturated rings. The van der Waals surface area contributed by atoms with Gasteiger partial charge < -0.3 is 15.2 Å². The van der Waals surface area contributed by atoms with E-state index in [-0.39, 0.29) is 6.42 Å². The molecule has 4 rings (SSSR count). The summed E-state index contributed by atoms with van der Waals surface area (Å²) in [4.78, 5) is 10.6. The zero-order valence-corrected chi connectivity index (χ0v) is 20.4. The average molecular weight is 502 g/mol. The van der Waals surface area contributed by atoms with Gasteiger partial charge in [0.15, 0.2) is 0 Å². The Hall–Kier alpha value is -3.33. The monoisotopic (exact) mass is 501 g/mol. The normalized spacial score (nSPS) is 14.0. The summed E-state index contributed by atoms with van der Waals surface area (Å²) in [5.41, 5.74) is 4.68. The molecule has 9 heteroatoms. The Balaban J connectivity index is 1.51. The largest absolute Gasteiger partial charge is 0.489 e. The number of ether oxygens (including phenoxy) is 1. The Bertz CT molecular complexity index is 1220. The van der Waals surface area contributed by atoms with Gasteiger partial charge in [0.25, 0.3) is 0 Å². The second kappa shape index (κ2) is 10.7. The van der Waals surface area contributed by atoms with Gasteiger partial charge in [-0.25, -0.2) is 4.68 Å². The van der Waals surface area contributed by atoms with Crippen molar-refractivity contribution in [3.8, 4) is 11.4 Å². The minimum absolute atomic E-state index is 0.0801. The molecule has 0 aliphatic heterocycles. The number of carboxylic acid groups (broad SMARTS) is 1. The highest BCUT2D eigenvalue weighted by atomic mass is 19.4. The van der Waals surface area contributed by atoms with Gasteiger partial charge in [-0.1, -0.05) is 30.7 Å². The molecule has 1 heterocycles. The summed E-state index contributed by atoms with van der Waals surface area (Å²) in [5.74, 6) is 0.253.